The number of nitrogens with zero attached hydrogens (tertiary/aromatic N) is 1. The summed E-state index contributed by atoms with van der Waals surface area (Å²) in [5.74, 6) is 0. The molecule has 2 aromatic rings. The number of hydrogen-bond acceptors (Lipinski definition) is 3. The molecule has 2 aromatic carbocycles. The maximum Gasteiger partial charge on any atom is 0.264 e. The average Bonchev–Trinajstić information content (AvgIpc) is 2.38. The summed E-state index contributed by atoms with van der Waals surface area (Å²) in [6.45, 7) is 0. The van der Waals surface area contributed by atoms with E-state index in [2.05, 4.69) is 15.9 Å². The first-order valence-corrected chi connectivity index (χ1v) is 7.74. The van der Waals surface area contributed by atoms with Crippen LogP contribution in [-0.2, 0) is 10.0 Å². The molecule has 2 rings (SSSR count). The van der Waals surface area contributed by atoms with E-state index in [4.69, 9.17) is 5.73 Å². The first-order chi connectivity index (χ1) is 8.91. The van der Waals surface area contributed by atoms with Gasteiger partial charge in [-0.1, -0.05) is 22.0 Å². The molecule has 0 unspecified atom stereocenters. The van der Waals surface area contributed by atoms with Crippen molar-refractivity contribution >= 4 is 37.3 Å². The highest BCUT2D eigenvalue weighted by molar-refractivity contribution is 9.10. The Hall–Kier alpha value is -1.53. The number of sulfonamides is 1. The van der Waals surface area contributed by atoms with Crippen molar-refractivity contribution in [2.45, 2.75) is 4.90 Å². The van der Waals surface area contributed by atoms with Gasteiger partial charge in [-0.15, -0.1) is 0 Å². The SMILES string of the molecule is CN(c1cccc(Br)c1)S(=O)(=O)c1ccc(N)cc1. The molecule has 0 saturated heterocycles. The minimum atomic E-state index is -3.57. The molecule has 6 heteroatoms. The molecule has 0 heterocycles. The van der Waals surface area contributed by atoms with Crippen molar-refractivity contribution in [3.8, 4) is 0 Å². The molecule has 0 aromatic heterocycles. The molecule has 2 N–H and O–H groups in total. The molecular weight excluding hydrogens is 328 g/mol. The van der Waals surface area contributed by atoms with Crippen LogP contribution in [0.5, 0.6) is 0 Å². The van der Waals surface area contributed by atoms with Crippen LogP contribution in [0.3, 0.4) is 0 Å². The van der Waals surface area contributed by atoms with E-state index in [1.807, 2.05) is 6.07 Å². The fraction of sp³-hybridized carbons (Fsp3) is 0.0769. The minimum absolute atomic E-state index is 0.212. The number of nitrogens with two attached hydrogens (primary N) is 1. The van der Waals surface area contributed by atoms with E-state index in [0.29, 0.717) is 11.4 Å². The highest BCUT2D eigenvalue weighted by Crippen LogP contribution is 2.25. The Balaban J connectivity index is 2.42. The van der Waals surface area contributed by atoms with E-state index in [-0.39, 0.29) is 4.90 Å². The second-order valence-corrected chi connectivity index (χ2v) is 6.91. The van der Waals surface area contributed by atoms with Crippen LogP contribution in [0.4, 0.5) is 11.4 Å². The molecule has 0 bridgehead atoms. The standard InChI is InChI=1S/C13H13BrN2O2S/c1-16(12-4-2-3-10(14)9-12)19(17,18)13-7-5-11(15)6-8-13/h2-9H,15H2,1H3. The molecule has 0 spiro atoms. The number of hydrogen-bond donors (Lipinski definition) is 1. The normalized spacial score (nSPS) is 11.3. The first-order valence-electron chi connectivity index (χ1n) is 5.51. The maximum absolute atomic E-state index is 12.4. The van der Waals surface area contributed by atoms with Crippen LogP contribution < -0.4 is 10.0 Å². The zero-order chi connectivity index (χ0) is 14.0. The van der Waals surface area contributed by atoms with Gasteiger partial charge in [0.2, 0.25) is 0 Å². The molecule has 0 radical (unpaired) electrons. The van der Waals surface area contributed by atoms with E-state index in [9.17, 15) is 8.42 Å². The monoisotopic (exact) mass is 340 g/mol. The van der Waals surface area contributed by atoms with Crippen LogP contribution in [0, 0.1) is 0 Å². The summed E-state index contributed by atoms with van der Waals surface area (Å²) in [5, 5.41) is 0. The van der Waals surface area contributed by atoms with Gasteiger partial charge in [-0.3, -0.25) is 4.31 Å². The van der Waals surface area contributed by atoms with Gasteiger partial charge in [-0.25, -0.2) is 8.42 Å². The van der Waals surface area contributed by atoms with E-state index in [1.54, 1.807) is 30.3 Å². The zero-order valence-corrected chi connectivity index (χ0v) is 12.6. The lowest BCUT2D eigenvalue weighted by atomic mass is 10.3. The van der Waals surface area contributed by atoms with Crippen molar-refractivity contribution in [3.63, 3.8) is 0 Å². The lowest BCUT2D eigenvalue weighted by Crippen LogP contribution is -2.26. The van der Waals surface area contributed by atoms with Gasteiger partial charge in [0.1, 0.15) is 0 Å². The third-order valence-corrected chi connectivity index (χ3v) is 5.00. The van der Waals surface area contributed by atoms with Crippen LogP contribution in [0.25, 0.3) is 0 Å². The van der Waals surface area contributed by atoms with Crippen molar-refractivity contribution in [2.24, 2.45) is 0 Å². The Bertz CT molecular complexity index is 684. The summed E-state index contributed by atoms with van der Waals surface area (Å²) in [5.41, 5.74) is 6.68. The van der Waals surface area contributed by atoms with E-state index in [0.717, 1.165) is 4.47 Å². The van der Waals surface area contributed by atoms with Crippen molar-refractivity contribution in [1.82, 2.24) is 0 Å². The quantitative estimate of drug-likeness (QED) is 0.873. The molecule has 0 amide bonds. The predicted molar refractivity (Wildman–Crippen MR) is 80.6 cm³/mol. The van der Waals surface area contributed by atoms with E-state index >= 15 is 0 Å². The van der Waals surface area contributed by atoms with Crippen molar-refractivity contribution in [1.29, 1.82) is 0 Å². The largest absolute Gasteiger partial charge is 0.399 e. The maximum atomic E-state index is 12.4. The Kier molecular flexibility index (Phi) is 3.82. The molecule has 0 aliphatic heterocycles. The van der Waals surface area contributed by atoms with Crippen molar-refractivity contribution in [3.05, 3.63) is 53.0 Å². The Morgan fingerprint density at radius 1 is 1.11 bits per heavy atom. The Morgan fingerprint density at radius 3 is 2.32 bits per heavy atom. The molecule has 0 fully saturated rings. The first kappa shape index (κ1) is 13.9. The minimum Gasteiger partial charge on any atom is -0.399 e. The van der Waals surface area contributed by atoms with Crippen LogP contribution in [-0.4, -0.2) is 15.5 Å². The van der Waals surface area contributed by atoms with Gasteiger partial charge in [0.25, 0.3) is 10.0 Å². The average molecular weight is 341 g/mol. The lowest BCUT2D eigenvalue weighted by molar-refractivity contribution is 0.594. The fourth-order valence-electron chi connectivity index (χ4n) is 1.61. The molecule has 4 nitrogen and oxygen atoms in total. The highest BCUT2D eigenvalue weighted by atomic mass is 79.9. The second-order valence-electron chi connectivity index (χ2n) is 4.02. The summed E-state index contributed by atoms with van der Waals surface area (Å²) in [6.07, 6.45) is 0. The molecule has 0 atom stereocenters. The van der Waals surface area contributed by atoms with Gasteiger partial charge in [0.05, 0.1) is 10.6 Å². The number of benzene rings is 2. The third kappa shape index (κ3) is 2.90. The molecular formula is C13H13BrN2O2S. The van der Waals surface area contributed by atoms with Gasteiger partial charge in [-0.2, -0.15) is 0 Å². The van der Waals surface area contributed by atoms with Crippen LogP contribution in [0.15, 0.2) is 57.9 Å². The van der Waals surface area contributed by atoms with Gasteiger partial charge in [0, 0.05) is 17.2 Å². The number of rotatable bonds is 3. The van der Waals surface area contributed by atoms with E-state index < -0.39 is 10.0 Å². The van der Waals surface area contributed by atoms with E-state index in [1.165, 1.54) is 23.5 Å². The molecule has 19 heavy (non-hydrogen) atoms. The molecule has 0 aliphatic rings. The zero-order valence-electron chi connectivity index (χ0n) is 10.2. The Morgan fingerprint density at radius 2 is 1.74 bits per heavy atom. The van der Waals surface area contributed by atoms with Crippen LogP contribution >= 0.6 is 15.9 Å². The van der Waals surface area contributed by atoms with Gasteiger partial charge in [-0.05, 0) is 42.5 Å². The second kappa shape index (κ2) is 5.22. The Labute approximate surface area is 121 Å². The number of anilines is 2. The smallest absolute Gasteiger partial charge is 0.264 e. The fourth-order valence-corrected chi connectivity index (χ4v) is 3.18. The molecule has 0 aliphatic carbocycles. The summed E-state index contributed by atoms with van der Waals surface area (Å²) in [6, 6.07) is 13.2. The van der Waals surface area contributed by atoms with Crippen LogP contribution in [0.2, 0.25) is 0 Å². The van der Waals surface area contributed by atoms with Crippen molar-refractivity contribution in [2.75, 3.05) is 17.1 Å². The summed E-state index contributed by atoms with van der Waals surface area (Å²) in [4.78, 5) is 0.212. The van der Waals surface area contributed by atoms with Crippen molar-refractivity contribution < 1.29 is 8.42 Å². The van der Waals surface area contributed by atoms with Gasteiger partial charge in [0.15, 0.2) is 0 Å². The summed E-state index contributed by atoms with van der Waals surface area (Å²) >= 11 is 3.32. The highest BCUT2D eigenvalue weighted by Gasteiger charge is 2.21. The number of nitrogen functional groups attached to an aromatic ring is 1. The third-order valence-electron chi connectivity index (χ3n) is 2.71. The predicted octanol–water partition coefficient (Wildman–Crippen LogP) is 2.86. The molecule has 100 valence electrons. The van der Waals surface area contributed by atoms with Gasteiger partial charge >= 0.3 is 0 Å². The van der Waals surface area contributed by atoms with Gasteiger partial charge < -0.3 is 5.73 Å². The van der Waals surface area contributed by atoms with Crippen LogP contribution in [0.1, 0.15) is 0 Å². The topological polar surface area (TPSA) is 63.4 Å². The summed E-state index contributed by atoms with van der Waals surface area (Å²) in [7, 11) is -2.05. The lowest BCUT2D eigenvalue weighted by Gasteiger charge is -2.19. The number of halogens is 1. The summed E-state index contributed by atoms with van der Waals surface area (Å²) < 4.78 is 26.9. The molecule has 0 saturated carbocycles.